The van der Waals surface area contributed by atoms with E-state index in [0.29, 0.717) is 12.0 Å². The maximum atomic E-state index is 6.06. The second kappa shape index (κ2) is 7.75. The van der Waals surface area contributed by atoms with Crippen LogP contribution in [0.5, 0.6) is 0 Å². The van der Waals surface area contributed by atoms with Crippen LogP contribution < -0.4 is 0 Å². The fourth-order valence-electron chi connectivity index (χ4n) is 2.47. The SMILES string of the molecule is C=C(C)C1CC=C(C)C(OCCN(CC)CC)C1. The van der Waals surface area contributed by atoms with Crippen molar-refractivity contribution in [2.75, 3.05) is 26.2 Å². The van der Waals surface area contributed by atoms with Gasteiger partial charge in [-0.1, -0.05) is 32.1 Å². The van der Waals surface area contributed by atoms with Crippen LogP contribution in [0.2, 0.25) is 0 Å². The van der Waals surface area contributed by atoms with E-state index in [2.05, 4.69) is 45.2 Å². The minimum absolute atomic E-state index is 0.302. The van der Waals surface area contributed by atoms with E-state index in [1.54, 1.807) is 0 Å². The first-order chi connectivity index (χ1) is 8.58. The average molecular weight is 251 g/mol. The van der Waals surface area contributed by atoms with Gasteiger partial charge in [-0.15, -0.1) is 0 Å². The molecule has 18 heavy (non-hydrogen) atoms. The second-order valence-corrected chi connectivity index (χ2v) is 5.35. The maximum absolute atomic E-state index is 6.06. The zero-order valence-corrected chi connectivity index (χ0v) is 12.5. The lowest BCUT2D eigenvalue weighted by molar-refractivity contribution is 0.0445. The molecule has 0 aromatic carbocycles. The molecule has 1 aliphatic rings. The van der Waals surface area contributed by atoms with Crippen molar-refractivity contribution in [3.63, 3.8) is 0 Å². The summed E-state index contributed by atoms with van der Waals surface area (Å²) in [7, 11) is 0. The molecule has 2 nitrogen and oxygen atoms in total. The van der Waals surface area contributed by atoms with Crippen LogP contribution in [0, 0.1) is 5.92 Å². The van der Waals surface area contributed by atoms with Gasteiger partial charge in [0.15, 0.2) is 0 Å². The maximum Gasteiger partial charge on any atom is 0.0788 e. The molecule has 0 aromatic heterocycles. The molecule has 2 unspecified atom stereocenters. The Hall–Kier alpha value is -0.600. The fourth-order valence-corrected chi connectivity index (χ4v) is 2.47. The molecule has 0 amide bonds. The van der Waals surface area contributed by atoms with Crippen LogP contribution in [-0.2, 0) is 4.74 Å². The molecule has 0 saturated heterocycles. The topological polar surface area (TPSA) is 12.5 Å². The molecule has 0 aromatic rings. The monoisotopic (exact) mass is 251 g/mol. The third kappa shape index (κ3) is 4.58. The smallest absolute Gasteiger partial charge is 0.0788 e. The summed E-state index contributed by atoms with van der Waals surface area (Å²) in [5, 5.41) is 0. The Morgan fingerprint density at radius 2 is 2.11 bits per heavy atom. The van der Waals surface area contributed by atoms with E-state index < -0.39 is 0 Å². The van der Waals surface area contributed by atoms with Crippen molar-refractivity contribution in [1.82, 2.24) is 4.90 Å². The highest BCUT2D eigenvalue weighted by molar-refractivity contribution is 5.15. The van der Waals surface area contributed by atoms with Crippen molar-refractivity contribution < 1.29 is 4.74 Å². The lowest BCUT2D eigenvalue weighted by Gasteiger charge is -2.29. The van der Waals surface area contributed by atoms with Crippen molar-refractivity contribution in [2.45, 2.75) is 46.6 Å². The largest absolute Gasteiger partial charge is 0.373 e. The number of allylic oxidation sites excluding steroid dienone is 2. The highest BCUT2D eigenvalue weighted by Gasteiger charge is 2.22. The Bertz CT molecular complexity index is 291. The molecule has 0 aliphatic heterocycles. The zero-order valence-electron chi connectivity index (χ0n) is 12.5. The molecule has 104 valence electrons. The number of hydrogen-bond acceptors (Lipinski definition) is 2. The summed E-state index contributed by atoms with van der Waals surface area (Å²) >= 11 is 0. The zero-order chi connectivity index (χ0) is 13.5. The molecule has 0 bridgehead atoms. The van der Waals surface area contributed by atoms with Gasteiger partial charge in [-0.2, -0.15) is 0 Å². The first-order valence-electron chi connectivity index (χ1n) is 7.24. The summed E-state index contributed by atoms with van der Waals surface area (Å²) < 4.78 is 6.06. The number of rotatable bonds is 7. The Kier molecular flexibility index (Phi) is 6.66. The van der Waals surface area contributed by atoms with Gasteiger partial charge >= 0.3 is 0 Å². The first-order valence-corrected chi connectivity index (χ1v) is 7.24. The van der Waals surface area contributed by atoms with Crippen molar-refractivity contribution in [3.05, 3.63) is 23.8 Å². The van der Waals surface area contributed by atoms with E-state index in [9.17, 15) is 0 Å². The molecule has 0 spiro atoms. The summed E-state index contributed by atoms with van der Waals surface area (Å²) in [4.78, 5) is 2.40. The van der Waals surface area contributed by atoms with Gasteiger partial charge in [-0.3, -0.25) is 0 Å². The second-order valence-electron chi connectivity index (χ2n) is 5.35. The predicted molar refractivity (Wildman–Crippen MR) is 78.8 cm³/mol. The van der Waals surface area contributed by atoms with Crippen molar-refractivity contribution in [2.24, 2.45) is 5.92 Å². The highest BCUT2D eigenvalue weighted by atomic mass is 16.5. The average Bonchev–Trinajstić information content (AvgIpc) is 2.36. The minimum Gasteiger partial charge on any atom is -0.373 e. The van der Waals surface area contributed by atoms with Crippen LogP contribution in [0.25, 0.3) is 0 Å². The van der Waals surface area contributed by atoms with E-state index in [1.165, 1.54) is 11.1 Å². The summed E-state index contributed by atoms with van der Waals surface area (Å²) in [6.07, 6.45) is 4.87. The van der Waals surface area contributed by atoms with Crippen LogP contribution in [0.15, 0.2) is 23.8 Å². The highest BCUT2D eigenvalue weighted by Crippen LogP contribution is 2.30. The molecule has 0 fully saturated rings. The summed E-state index contributed by atoms with van der Waals surface area (Å²) in [5.74, 6) is 0.604. The van der Waals surface area contributed by atoms with Crippen molar-refractivity contribution >= 4 is 0 Å². The van der Waals surface area contributed by atoms with Crippen molar-refractivity contribution in [3.8, 4) is 0 Å². The van der Waals surface area contributed by atoms with E-state index in [0.717, 1.165) is 39.1 Å². The predicted octanol–water partition coefficient (Wildman–Crippen LogP) is 3.65. The first kappa shape index (κ1) is 15.5. The van der Waals surface area contributed by atoms with E-state index in [-0.39, 0.29) is 0 Å². The standard InChI is InChI=1S/C16H29NO/c1-6-17(7-2)10-11-18-16-12-15(13(3)4)9-8-14(16)5/h8,15-16H,3,6-7,9-12H2,1-2,4-5H3. The van der Waals surface area contributed by atoms with Gasteiger partial charge in [0.1, 0.15) is 0 Å². The lowest BCUT2D eigenvalue weighted by Crippen LogP contribution is -2.30. The molecule has 0 radical (unpaired) electrons. The van der Waals surface area contributed by atoms with Gasteiger partial charge in [-0.05, 0) is 51.3 Å². The normalized spacial score (nSPS) is 24.2. The van der Waals surface area contributed by atoms with Gasteiger partial charge in [0, 0.05) is 6.54 Å². The number of ether oxygens (including phenoxy) is 1. The van der Waals surface area contributed by atoms with E-state index in [1.807, 2.05) is 0 Å². The molecular weight excluding hydrogens is 222 g/mol. The third-order valence-corrected chi connectivity index (χ3v) is 4.05. The molecule has 0 N–H and O–H groups in total. The lowest BCUT2D eigenvalue weighted by atomic mass is 9.84. The van der Waals surface area contributed by atoms with E-state index >= 15 is 0 Å². The Morgan fingerprint density at radius 3 is 2.67 bits per heavy atom. The van der Waals surface area contributed by atoms with Crippen LogP contribution >= 0.6 is 0 Å². The molecule has 1 rings (SSSR count). The van der Waals surface area contributed by atoms with Gasteiger partial charge in [-0.25, -0.2) is 0 Å². The number of nitrogens with zero attached hydrogens (tertiary/aromatic N) is 1. The van der Waals surface area contributed by atoms with Gasteiger partial charge in [0.25, 0.3) is 0 Å². The summed E-state index contributed by atoms with van der Waals surface area (Å²) in [5.41, 5.74) is 2.68. The summed E-state index contributed by atoms with van der Waals surface area (Å²) in [6, 6.07) is 0. The molecule has 1 aliphatic carbocycles. The number of hydrogen-bond donors (Lipinski definition) is 0. The minimum atomic E-state index is 0.302. The molecular formula is C16H29NO. The molecule has 2 heteroatoms. The van der Waals surface area contributed by atoms with Crippen LogP contribution in [0.4, 0.5) is 0 Å². The molecule has 2 atom stereocenters. The Labute approximate surface area is 113 Å². The van der Waals surface area contributed by atoms with Gasteiger partial charge in [0.05, 0.1) is 12.7 Å². The van der Waals surface area contributed by atoms with Gasteiger partial charge < -0.3 is 9.64 Å². The quantitative estimate of drug-likeness (QED) is 0.640. The van der Waals surface area contributed by atoms with Crippen molar-refractivity contribution in [1.29, 1.82) is 0 Å². The third-order valence-electron chi connectivity index (χ3n) is 4.05. The molecule has 0 heterocycles. The summed E-state index contributed by atoms with van der Waals surface area (Å²) in [6.45, 7) is 16.9. The van der Waals surface area contributed by atoms with Crippen LogP contribution in [0.1, 0.15) is 40.5 Å². The fraction of sp³-hybridized carbons (Fsp3) is 0.750. The Balaban J connectivity index is 2.39. The Morgan fingerprint density at radius 1 is 1.44 bits per heavy atom. The molecule has 0 saturated carbocycles. The van der Waals surface area contributed by atoms with E-state index in [4.69, 9.17) is 4.74 Å². The van der Waals surface area contributed by atoms with Crippen LogP contribution in [-0.4, -0.2) is 37.2 Å². The van der Waals surface area contributed by atoms with Gasteiger partial charge in [0.2, 0.25) is 0 Å². The van der Waals surface area contributed by atoms with Crippen LogP contribution in [0.3, 0.4) is 0 Å². The number of likely N-dealkylation sites (N-methyl/N-ethyl adjacent to an activating group) is 1.